The van der Waals surface area contributed by atoms with E-state index >= 15 is 0 Å². The van der Waals surface area contributed by atoms with E-state index in [1.165, 1.54) is 4.90 Å². The van der Waals surface area contributed by atoms with Gasteiger partial charge in [0.1, 0.15) is 5.76 Å². The molecular formula is C15H18N4O4. The summed E-state index contributed by atoms with van der Waals surface area (Å²) < 4.78 is 9.77. The second-order valence-corrected chi connectivity index (χ2v) is 4.71. The third-order valence-electron chi connectivity index (χ3n) is 2.92. The van der Waals surface area contributed by atoms with E-state index in [0.29, 0.717) is 29.6 Å². The number of carbonyl (C=O) groups excluding carboxylic acids is 2. The van der Waals surface area contributed by atoms with Crippen molar-refractivity contribution in [3.63, 3.8) is 0 Å². The number of urea groups is 1. The number of nitrogens with zero attached hydrogens (tertiary/aromatic N) is 2. The van der Waals surface area contributed by atoms with Crippen molar-refractivity contribution in [1.82, 2.24) is 5.16 Å². The molecule has 8 nitrogen and oxygen atoms in total. The molecule has 2 N–H and O–H groups in total. The second kappa shape index (κ2) is 7.30. The Bertz CT molecular complexity index is 681. The molecule has 2 aromatic rings. The summed E-state index contributed by atoms with van der Waals surface area (Å²) in [5.41, 5.74) is 1.23. The van der Waals surface area contributed by atoms with Crippen molar-refractivity contribution in [2.75, 3.05) is 29.2 Å². The Morgan fingerprint density at radius 3 is 2.52 bits per heavy atom. The minimum Gasteiger partial charge on any atom is -0.449 e. The van der Waals surface area contributed by atoms with Gasteiger partial charge in [-0.1, -0.05) is 5.16 Å². The molecule has 0 fully saturated rings. The van der Waals surface area contributed by atoms with E-state index in [4.69, 9.17) is 9.26 Å². The summed E-state index contributed by atoms with van der Waals surface area (Å²) in [5.74, 6) is 0.935. The third kappa shape index (κ3) is 4.47. The molecule has 0 saturated carbocycles. The molecule has 0 aliphatic rings. The minimum absolute atomic E-state index is 0.310. The zero-order valence-electron chi connectivity index (χ0n) is 13.1. The van der Waals surface area contributed by atoms with Gasteiger partial charge in [-0.05, 0) is 38.1 Å². The highest BCUT2D eigenvalue weighted by Gasteiger charge is 2.12. The Hall–Kier alpha value is -3.03. The highest BCUT2D eigenvalue weighted by Crippen LogP contribution is 2.18. The molecule has 0 saturated heterocycles. The maximum absolute atomic E-state index is 11.8. The van der Waals surface area contributed by atoms with Crippen molar-refractivity contribution in [3.05, 3.63) is 36.1 Å². The van der Waals surface area contributed by atoms with Crippen molar-refractivity contribution in [2.45, 2.75) is 13.8 Å². The third-order valence-corrected chi connectivity index (χ3v) is 2.92. The van der Waals surface area contributed by atoms with E-state index < -0.39 is 12.1 Å². The molecule has 0 aliphatic carbocycles. The molecule has 0 aliphatic heterocycles. The largest absolute Gasteiger partial charge is 0.449 e. The van der Waals surface area contributed by atoms with Crippen LogP contribution < -0.4 is 15.5 Å². The summed E-state index contributed by atoms with van der Waals surface area (Å²) in [7, 11) is 1.61. The van der Waals surface area contributed by atoms with Crippen LogP contribution >= 0.6 is 0 Å². The van der Waals surface area contributed by atoms with E-state index in [-0.39, 0.29) is 0 Å². The first-order chi connectivity index (χ1) is 11.0. The lowest BCUT2D eigenvalue weighted by Gasteiger charge is -2.16. The summed E-state index contributed by atoms with van der Waals surface area (Å²) in [6.45, 7) is 3.78. The number of amides is 3. The van der Waals surface area contributed by atoms with E-state index in [1.807, 2.05) is 0 Å². The Morgan fingerprint density at radius 2 is 1.96 bits per heavy atom. The number of carbonyl (C=O) groups is 2. The summed E-state index contributed by atoms with van der Waals surface area (Å²) in [6, 6.07) is 7.93. The normalized spacial score (nSPS) is 10.0. The quantitative estimate of drug-likeness (QED) is 0.902. The first-order valence-corrected chi connectivity index (χ1v) is 7.01. The van der Waals surface area contributed by atoms with Gasteiger partial charge in [0.15, 0.2) is 5.82 Å². The molecular weight excluding hydrogens is 300 g/mol. The lowest BCUT2D eigenvalue weighted by atomic mass is 10.2. The highest BCUT2D eigenvalue weighted by atomic mass is 16.6. The Balaban J connectivity index is 1.94. The number of hydrogen-bond acceptors (Lipinski definition) is 5. The topological polar surface area (TPSA) is 96.7 Å². The lowest BCUT2D eigenvalue weighted by molar-refractivity contribution is 0.161. The zero-order chi connectivity index (χ0) is 16.8. The van der Waals surface area contributed by atoms with Gasteiger partial charge in [0.25, 0.3) is 0 Å². The highest BCUT2D eigenvalue weighted by molar-refractivity contribution is 5.99. The van der Waals surface area contributed by atoms with E-state index in [2.05, 4.69) is 15.8 Å². The number of anilines is 3. The average molecular weight is 318 g/mol. The van der Waals surface area contributed by atoms with E-state index in [0.717, 1.165) is 0 Å². The first-order valence-electron chi connectivity index (χ1n) is 7.01. The first kappa shape index (κ1) is 16.3. The second-order valence-electron chi connectivity index (χ2n) is 4.71. The van der Waals surface area contributed by atoms with Gasteiger partial charge >= 0.3 is 12.1 Å². The molecule has 0 unspecified atom stereocenters. The maximum Gasteiger partial charge on any atom is 0.413 e. The van der Waals surface area contributed by atoms with Crippen LogP contribution in [-0.2, 0) is 4.74 Å². The van der Waals surface area contributed by atoms with Crippen LogP contribution in [0, 0.1) is 6.92 Å². The molecule has 3 amide bonds. The fourth-order valence-electron chi connectivity index (χ4n) is 1.80. The number of benzene rings is 1. The molecule has 1 aromatic carbocycles. The van der Waals surface area contributed by atoms with Crippen LogP contribution in [-0.4, -0.2) is 30.9 Å². The molecule has 1 heterocycles. The van der Waals surface area contributed by atoms with Gasteiger partial charge in [-0.15, -0.1) is 0 Å². The van der Waals surface area contributed by atoms with Gasteiger partial charge < -0.3 is 14.6 Å². The van der Waals surface area contributed by atoms with Crippen molar-refractivity contribution in [2.24, 2.45) is 0 Å². The number of nitrogens with one attached hydrogen (secondary N) is 2. The molecule has 0 radical (unpaired) electrons. The molecule has 122 valence electrons. The van der Waals surface area contributed by atoms with Crippen LogP contribution in [0.2, 0.25) is 0 Å². The number of aromatic nitrogens is 1. The SMILES string of the molecule is CCOC(=O)N(C)c1ccc(NC(=O)Nc2cc(C)on2)cc1. The molecule has 0 bridgehead atoms. The zero-order valence-corrected chi connectivity index (χ0v) is 13.1. The van der Waals surface area contributed by atoms with Crippen LogP contribution in [0.1, 0.15) is 12.7 Å². The average Bonchev–Trinajstić information content (AvgIpc) is 2.92. The van der Waals surface area contributed by atoms with Crippen molar-refractivity contribution < 1.29 is 18.8 Å². The predicted octanol–water partition coefficient (Wildman–Crippen LogP) is 3.22. The van der Waals surface area contributed by atoms with Gasteiger partial charge in [0, 0.05) is 24.5 Å². The molecule has 8 heteroatoms. The fourth-order valence-corrected chi connectivity index (χ4v) is 1.80. The number of ether oxygens (including phenoxy) is 1. The van der Waals surface area contributed by atoms with Gasteiger partial charge in [0.2, 0.25) is 0 Å². The molecule has 23 heavy (non-hydrogen) atoms. The summed E-state index contributed by atoms with van der Waals surface area (Å²) in [4.78, 5) is 24.8. The van der Waals surface area contributed by atoms with Crippen molar-refractivity contribution in [3.8, 4) is 0 Å². The van der Waals surface area contributed by atoms with Gasteiger partial charge in [-0.2, -0.15) is 0 Å². The summed E-state index contributed by atoms with van der Waals surface area (Å²) >= 11 is 0. The Labute approximate surface area is 133 Å². The molecule has 0 spiro atoms. The Kier molecular flexibility index (Phi) is 5.19. The van der Waals surface area contributed by atoms with E-state index in [9.17, 15) is 9.59 Å². The summed E-state index contributed by atoms with van der Waals surface area (Å²) in [6.07, 6.45) is -0.438. The molecule has 0 atom stereocenters. The molecule has 2 rings (SSSR count). The number of hydrogen-bond donors (Lipinski definition) is 2. The fraction of sp³-hybridized carbons (Fsp3) is 0.267. The predicted molar refractivity (Wildman–Crippen MR) is 85.7 cm³/mol. The smallest absolute Gasteiger partial charge is 0.413 e. The van der Waals surface area contributed by atoms with Gasteiger partial charge in [-0.25, -0.2) is 9.59 Å². The van der Waals surface area contributed by atoms with Crippen LogP contribution in [0.5, 0.6) is 0 Å². The lowest BCUT2D eigenvalue weighted by Crippen LogP contribution is -2.27. The maximum atomic E-state index is 11.8. The number of aryl methyl sites for hydroxylation is 1. The Morgan fingerprint density at radius 1 is 1.26 bits per heavy atom. The van der Waals surface area contributed by atoms with Crippen LogP contribution in [0.25, 0.3) is 0 Å². The van der Waals surface area contributed by atoms with Gasteiger partial charge in [-0.3, -0.25) is 10.2 Å². The van der Waals surface area contributed by atoms with Crippen LogP contribution in [0.15, 0.2) is 34.9 Å². The van der Waals surface area contributed by atoms with Crippen LogP contribution in [0.4, 0.5) is 26.8 Å². The number of rotatable bonds is 4. The van der Waals surface area contributed by atoms with Crippen molar-refractivity contribution >= 4 is 29.3 Å². The monoisotopic (exact) mass is 318 g/mol. The van der Waals surface area contributed by atoms with Crippen molar-refractivity contribution in [1.29, 1.82) is 0 Å². The standard InChI is InChI=1S/C15H18N4O4/c1-4-22-15(21)19(3)12-7-5-11(6-8-12)16-14(20)17-13-9-10(2)23-18-13/h5-9H,4H2,1-3H3,(H2,16,17,18,20). The summed E-state index contributed by atoms with van der Waals surface area (Å²) in [5, 5.41) is 8.86. The van der Waals surface area contributed by atoms with Gasteiger partial charge in [0.05, 0.1) is 6.61 Å². The minimum atomic E-state index is -0.440. The molecule has 1 aromatic heterocycles. The van der Waals surface area contributed by atoms with E-state index in [1.54, 1.807) is 51.2 Å². The van der Waals surface area contributed by atoms with Crippen LogP contribution in [0.3, 0.4) is 0 Å².